The van der Waals surface area contributed by atoms with E-state index in [0.29, 0.717) is 48.3 Å². The molecule has 0 aliphatic carbocycles. The number of hydrazine groups is 1. The number of methoxy groups -OCH3 is 2. The Labute approximate surface area is 243 Å². The molecule has 0 radical (unpaired) electrons. The van der Waals surface area contributed by atoms with Crippen molar-refractivity contribution in [3.63, 3.8) is 0 Å². The number of azide groups is 1. The van der Waals surface area contributed by atoms with Crippen molar-refractivity contribution in [1.82, 2.24) is 10.9 Å². The van der Waals surface area contributed by atoms with Crippen LogP contribution in [0.15, 0.2) is 76.8 Å². The number of carbonyl (C=O) groups excluding carboxylic acids is 1. The van der Waals surface area contributed by atoms with Gasteiger partial charge in [-0.15, -0.1) is 0 Å². The Morgan fingerprint density at radius 1 is 1.10 bits per heavy atom. The minimum Gasteiger partial charge on any atom is -0.494 e. The summed E-state index contributed by atoms with van der Waals surface area (Å²) in [5, 5.41) is 12.7. The molecule has 1 aliphatic heterocycles. The highest BCUT2D eigenvalue weighted by Gasteiger charge is 2.45. The quantitative estimate of drug-likeness (QED) is 0.0817. The molecule has 0 spiro atoms. The van der Waals surface area contributed by atoms with Gasteiger partial charge in [0, 0.05) is 36.5 Å². The summed E-state index contributed by atoms with van der Waals surface area (Å²) in [5.41, 5.74) is 16.5. The van der Waals surface area contributed by atoms with Gasteiger partial charge in [0.15, 0.2) is 17.0 Å². The second-order valence-electron chi connectivity index (χ2n) is 9.52. The van der Waals surface area contributed by atoms with Crippen LogP contribution in [0.3, 0.4) is 0 Å². The molecule has 4 rings (SSSR count). The molecule has 0 aromatic heterocycles. The van der Waals surface area contributed by atoms with Crippen molar-refractivity contribution in [3.05, 3.63) is 99.4 Å². The predicted molar refractivity (Wildman–Crippen MR) is 156 cm³/mol. The van der Waals surface area contributed by atoms with E-state index in [2.05, 4.69) is 20.9 Å². The van der Waals surface area contributed by atoms with Gasteiger partial charge in [0.25, 0.3) is 5.91 Å². The van der Waals surface area contributed by atoms with Gasteiger partial charge in [0.2, 0.25) is 5.90 Å². The monoisotopic (exact) mass is 574 g/mol. The number of ether oxygens (including phenoxy) is 4. The molecule has 1 heterocycles. The van der Waals surface area contributed by atoms with Crippen LogP contribution in [0.4, 0.5) is 0 Å². The highest BCUT2D eigenvalue weighted by atomic mass is 16.5. The van der Waals surface area contributed by atoms with Crippen molar-refractivity contribution in [2.45, 2.75) is 31.5 Å². The molecule has 0 saturated carbocycles. The van der Waals surface area contributed by atoms with Crippen LogP contribution in [-0.4, -0.2) is 56.5 Å². The van der Waals surface area contributed by atoms with E-state index in [1.54, 1.807) is 32.4 Å². The second-order valence-corrected chi connectivity index (χ2v) is 9.52. The van der Waals surface area contributed by atoms with Crippen LogP contribution >= 0.6 is 0 Å². The van der Waals surface area contributed by atoms with E-state index in [-0.39, 0.29) is 32.1 Å². The number of amides is 1. The zero-order chi connectivity index (χ0) is 29.8. The summed E-state index contributed by atoms with van der Waals surface area (Å²) in [7, 11) is 3.13. The summed E-state index contributed by atoms with van der Waals surface area (Å²) < 4.78 is 22.3. The maximum absolute atomic E-state index is 13.8. The number of hydrogen-bond acceptors (Lipinski definition) is 9. The highest BCUT2D eigenvalue weighted by molar-refractivity contribution is 6.00. The lowest BCUT2D eigenvalue weighted by atomic mass is 9.89. The molecule has 0 bridgehead atoms. The van der Waals surface area contributed by atoms with Gasteiger partial charge in [0.05, 0.1) is 27.4 Å². The highest BCUT2D eigenvalue weighted by Crippen LogP contribution is 2.30. The smallest absolute Gasteiger partial charge is 0.266 e. The fourth-order valence-corrected chi connectivity index (χ4v) is 4.47. The summed E-state index contributed by atoms with van der Waals surface area (Å²) >= 11 is 0. The van der Waals surface area contributed by atoms with Crippen molar-refractivity contribution in [2.24, 2.45) is 10.1 Å². The third-order valence-electron chi connectivity index (χ3n) is 6.71. The van der Waals surface area contributed by atoms with Crippen molar-refractivity contribution < 1.29 is 28.8 Å². The fraction of sp³-hybridized carbons (Fsp3) is 0.333. The average molecular weight is 575 g/mol. The molecular formula is C30H34N6O6. The summed E-state index contributed by atoms with van der Waals surface area (Å²) in [5.74, 6) is 1.80. The molecule has 3 N–H and O–H groups in total. The minimum atomic E-state index is -1.29. The summed E-state index contributed by atoms with van der Waals surface area (Å²) in [6.07, 6.45) is 0.760. The molecule has 12 heteroatoms. The summed E-state index contributed by atoms with van der Waals surface area (Å²) in [6, 6.07) is 20.2. The van der Waals surface area contributed by atoms with Gasteiger partial charge in [-0.2, -0.15) is 0 Å². The first-order valence-electron chi connectivity index (χ1n) is 13.4. The molecule has 3 aromatic carbocycles. The molecule has 220 valence electrons. The molecule has 42 heavy (non-hydrogen) atoms. The second kappa shape index (κ2) is 14.7. The number of rotatable bonds is 15. The van der Waals surface area contributed by atoms with E-state index in [4.69, 9.17) is 34.6 Å². The number of aliphatic hydroxyl groups is 1. The van der Waals surface area contributed by atoms with Gasteiger partial charge in [0.1, 0.15) is 12.4 Å². The van der Waals surface area contributed by atoms with Gasteiger partial charge < -0.3 is 24.1 Å². The molecular weight excluding hydrogens is 540 g/mol. The van der Waals surface area contributed by atoms with E-state index in [0.717, 1.165) is 16.7 Å². The van der Waals surface area contributed by atoms with Crippen molar-refractivity contribution in [2.75, 3.05) is 34.0 Å². The fourth-order valence-electron chi connectivity index (χ4n) is 4.47. The number of aliphatic hydroxyl groups excluding tert-OH is 1. The van der Waals surface area contributed by atoms with Gasteiger partial charge in [-0.3, -0.25) is 10.2 Å². The van der Waals surface area contributed by atoms with Gasteiger partial charge in [-0.05, 0) is 58.6 Å². The predicted octanol–water partition coefficient (Wildman–Crippen LogP) is 3.85. The molecule has 0 fully saturated rings. The Bertz CT molecular complexity index is 1440. The lowest BCUT2D eigenvalue weighted by Gasteiger charge is -2.24. The molecule has 1 amide bonds. The van der Waals surface area contributed by atoms with Crippen LogP contribution in [0.5, 0.6) is 17.2 Å². The van der Waals surface area contributed by atoms with Crippen LogP contribution < -0.4 is 25.1 Å². The molecule has 0 unspecified atom stereocenters. The number of benzene rings is 3. The Balaban J connectivity index is 1.56. The van der Waals surface area contributed by atoms with Crippen LogP contribution in [-0.2, 0) is 29.0 Å². The third-order valence-corrected chi connectivity index (χ3v) is 6.71. The van der Waals surface area contributed by atoms with E-state index in [1.165, 1.54) is 0 Å². The maximum Gasteiger partial charge on any atom is 0.266 e. The number of hydrogen-bond donors (Lipinski definition) is 3. The number of nitrogens with zero attached hydrogens (tertiary/aromatic N) is 4. The summed E-state index contributed by atoms with van der Waals surface area (Å²) in [6.45, 7) is 0.947. The SMILES string of the molecule is COc1ccc(CNNC(=O)[C@]2(Cc3ccccc3CN=[N+]=[N-])COC(c3ccc(OCCCO)cc3)=N2)cc1OC. The number of carbonyl (C=O) groups is 1. The van der Waals surface area contributed by atoms with Crippen LogP contribution in [0, 0.1) is 0 Å². The molecule has 12 nitrogen and oxygen atoms in total. The van der Waals surface area contributed by atoms with E-state index < -0.39 is 5.54 Å². The zero-order valence-electron chi connectivity index (χ0n) is 23.6. The first kappa shape index (κ1) is 30.2. The van der Waals surface area contributed by atoms with Crippen LogP contribution in [0.25, 0.3) is 10.4 Å². The van der Waals surface area contributed by atoms with Crippen LogP contribution in [0.2, 0.25) is 0 Å². The Kier molecular flexibility index (Phi) is 10.6. The third kappa shape index (κ3) is 7.49. The molecule has 0 saturated heterocycles. The average Bonchev–Trinajstić information content (AvgIpc) is 3.46. The topological polar surface area (TPSA) is 159 Å². The van der Waals surface area contributed by atoms with Crippen molar-refractivity contribution in [1.29, 1.82) is 0 Å². The maximum atomic E-state index is 13.8. The first-order chi connectivity index (χ1) is 20.5. The number of nitrogens with one attached hydrogen (secondary N) is 2. The number of aliphatic imine (C=N–C) groups is 1. The zero-order valence-corrected chi connectivity index (χ0v) is 23.6. The Hall–Kier alpha value is -4.77. The van der Waals surface area contributed by atoms with Crippen molar-refractivity contribution >= 4 is 11.8 Å². The Morgan fingerprint density at radius 2 is 1.86 bits per heavy atom. The van der Waals surface area contributed by atoms with Gasteiger partial charge in [-0.25, -0.2) is 10.4 Å². The Morgan fingerprint density at radius 3 is 2.57 bits per heavy atom. The standard InChI is InChI=1S/C30H34N6O6/c1-39-26-13-8-21(16-27(26)40-2)18-32-35-29(38)30(17-23-6-3-4-7-24(23)19-33-36-31)20-42-28(34-30)22-9-11-25(12-10-22)41-15-5-14-37/h3-4,6-13,16,32,37H,5,14-15,17-20H2,1-2H3,(H,35,38)/t30-/m0/s1. The van der Waals surface area contributed by atoms with E-state index in [1.807, 2.05) is 48.5 Å². The summed E-state index contributed by atoms with van der Waals surface area (Å²) in [4.78, 5) is 21.5. The lowest BCUT2D eigenvalue weighted by Crippen LogP contribution is -2.52. The lowest BCUT2D eigenvalue weighted by molar-refractivity contribution is -0.127. The largest absolute Gasteiger partial charge is 0.494 e. The van der Waals surface area contributed by atoms with Gasteiger partial charge in [-0.1, -0.05) is 35.4 Å². The molecule has 1 atom stereocenters. The van der Waals surface area contributed by atoms with E-state index in [9.17, 15) is 4.79 Å². The molecule has 3 aromatic rings. The van der Waals surface area contributed by atoms with Gasteiger partial charge >= 0.3 is 0 Å². The van der Waals surface area contributed by atoms with Crippen LogP contribution in [0.1, 0.15) is 28.7 Å². The molecule has 1 aliphatic rings. The normalized spacial score (nSPS) is 15.6. The van der Waals surface area contributed by atoms with Crippen molar-refractivity contribution in [3.8, 4) is 17.2 Å². The van der Waals surface area contributed by atoms with E-state index >= 15 is 0 Å². The minimum absolute atomic E-state index is 0.0107. The first-order valence-corrected chi connectivity index (χ1v) is 13.4.